The molecule has 0 aliphatic carbocycles. The minimum absolute atomic E-state index is 0.628. The highest BCUT2D eigenvalue weighted by atomic mass is 32.1. The summed E-state index contributed by atoms with van der Waals surface area (Å²) >= 11 is 1.69. The second kappa shape index (κ2) is 6.16. The maximum atomic E-state index is 5.74. The van der Waals surface area contributed by atoms with Gasteiger partial charge in [-0.3, -0.25) is 4.98 Å². The molecule has 1 aromatic carbocycles. The number of aryl methyl sites for hydroxylation is 1. The van der Waals surface area contributed by atoms with Gasteiger partial charge in [0.15, 0.2) is 0 Å². The summed E-state index contributed by atoms with van der Waals surface area (Å²) in [6, 6.07) is 14.3. The van der Waals surface area contributed by atoms with E-state index < -0.39 is 0 Å². The Morgan fingerprint density at radius 2 is 1.95 bits per heavy atom. The Morgan fingerprint density at radius 3 is 2.67 bits per heavy atom. The molecule has 3 nitrogen and oxygen atoms in total. The van der Waals surface area contributed by atoms with Gasteiger partial charge in [0.2, 0.25) is 0 Å². The van der Waals surface area contributed by atoms with Crippen molar-refractivity contribution < 1.29 is 0 Å². The lowest BCUT2D eigenvalue weighted by Gasteiger charge is -2.00. The molecule has 2 N–H and O–H groups in total. The molecule has 0 unspecified atom stereocenters. The van der Waals surface area contributed by atoms with Gasteiger partial charge in [-0.2, -0.15) is 0 Å². The van der Waals surface area contributed by atoms with Crippen LogP contribution in [-0.2, 0) is 6.42 Å². The van der Waals surface area contributed by atoms with Crippen LogP contribution in [0.1, 0.15) is 10.4 Å². The largest absolute Gasteiger partial charge is 0.330 e. The third-order valence-corrected chi connectivity index (χ3v) is 4.39. The quantitative estimate of drug-likeness (QED) is 0.798. The van der Waals surface area contributed by atoms with Gasteiger partial charge in [0.25, 0.3) is 0 Å². The van der Waals surface area contributed by atoms with E-state index in [0.29, 0.717) is 6.54 Å². The molecular weight excluding hydrogens is 278 g/mol. The van der Waals surface area contributed by atoms with Crippen LogP contribution in [0.25, 0.3) is 22.0 Å². The van der Waals surface area contributed by atoms with Crippen molar-refractivity contribution in [2.75, 3.05) is 6.54 Å². The second-order valence-electron chi connectivity index (χ2n) is 4.91. The van der Waals surface area contributed by atoms with Crippen molar-refractivity contribution in [3.8, 4) is 22.0 Å². The predicted octanol–water partition coefficient (Wildman–Crippen LogP) is 3.68. The summed E-state index contributed by atoms with van der Waals surface area (Å²) in [4.78, 5) is 10.5. The zero-order valence-electron chi connectivity index (χ0n) is 11.9. The minimum atomic E-state index is 0.628. The Balaban J connectivity index is 2.08. The molecule has 3 rings (SSSR count). The van der Waals surface area contributed by atoms with Crippen LogP contribution in [0.15, 0.2) is 48.7 Å². The number of nitrogens with zero attached hydrogens (tertiary/aromatic N) is 2. The fraction of sp³-hybridized carbons (Fsp3) is 0.176. The van der Waals surface area contributed by atoms with Gasteiger partial charge in [-0.15, -0.1) is 11.3 Å². The summed E-state index contributed by atoms with van der Waals surface area (Å²) in [6.07, 6.45) is 2.67. The molecule has 0 saturated carbocycles. The van der Waals surface area contributed by atoms with E-state index in [2.05, 4.69) is 30.1 Å². The molecule has 0 aliphatic heterocycles. The first-order chi connectivity index (χ1) is 10.3. The molecule has 0 amide bonds. The molecule has 0 saturated heterocycles. The summed E-state index contributed by atoms with van der Waals surface area (Å²) in [5.74, 6) is 0. The first-order valence-corrected chi connectivity index (χ1v) is 7.78. The lowest BCUT2D eigenvalue weighted by atomic mass is 10.1. The number of aromatic nitrogens is 2. The van der Waals surface area contributed by atoms with E-state index in [1.165, 1.54) is 10.4 Å². The van der Waals surface area contributed by atoms with Gasteiger partial charge in [-0.25, -0.2) is 4.98 Å². The summed E-state index contributed by atoms with van der Waals surface area (Å²) in [7, 11) is 0. The minimum Gasteiger partial charge on any atom is -0.330 e. The molecule has 21 heavy (non-hydrogen) atoms. The van der Waals surface area contributed by atoms with Gasteiger partial charge in [-0.05, 0) is 37.6 Å². The number of thiazole rings is 1. The van der Waals surface area contributed by atoms with Crippen molar-refractivity contribution in [2.45, 2.75) is 13.3 Å². The Kier molecular flexibility index (Phi) is 4.08. The van der Waals surface area contributed by atoms with Crippen molar-refractivity contribution in [2.24, 2.45) is 5.73 Å². The molecular formula is C17H17N3S. The van der Waals surface area contributed by atoms with Gasteiger partial charge in [0, 0.05) is 16.6 Å². The molecule has 3 aromatic rings. The summed E-state index contributed by atoms with van der Waals surface area (Å²) in [5.41, 5.74) is 10.0. The number of nitrogens with two attached hydrogens (primary N) is 1. The van der Waals surface area contributed by atoms with E-state index in [1.807, 2.05) is 30.5 Å². The van der Waals surface area contributed by atoms with Crippen LogP contribution in [0.4, 0.5) is 0 Å². The van der Waals surface area contributed by atoms with E-state index in [4.69, 9.17) is 10.7 Å². The van der Waals surface area contributed by atoms with Gasteiger partial charge < -0.3 is 5.73 Å². The van der Waals surface area contributed by atoms with Crippen LogP contribution in [0.5, 0.6) is 0 Å². The van der Waals surface area contributed by atoms with E-state index in [0.717, 1.165) is 28.4 Å². The zero-order valence-corrected chi connectivity index (χ0v) is 12.7. The number of pyridine rings is 1. The Bertz CT molecular complexity index is 735. The summed E-state index contributed by atoms with van der Waals surface area (Å²) in [5, 5.41) is 0.959. The molecule has 0 spiro atoms. The lowest BCUT2D eigenvalue weighted by molar-refractivity contribution is 0.986. The molecule has 2 aromatic heterocycles. The highest BCUT2D eigenvalue weighted by Gasteiger charge is 2.14. The van der Waals surface area contributed by atoms with Crippen molar-refractivity contribution in [1.82, 2.24) is 9.97 Å². The van der Waals surface area contributed by atoms with Crippen molar-refractivity contribution in [3.63, 3.8) is 0 Å². The number of hydrogen-bond donors (Lipinski definition) is 1. The van der Waals surface area contributed by atoms with Gasteiger partial charge in [-0.1, -0.05) is 30.3 Å². The SMILES string of the molecule is Cc1ccnc(-c2nc(-c3ccccc3)c(CCN)s2)c1. The van der Waals surface area contributed by atoms with Crippen LogP contribution in [0, 0.1) is 6.92 Å². The normalized spacial score (nSPS) is 10.8. The molecule has 0 atom stereocenters. The van der Waals surface area contributed by atoms with Crippen LogP contribution >= 0.6 is 11.3 Å². The molecule has 0 fully saturated rings. The zero-order chi connectivity index (χ0) is 14.7. The van der Waals surface area contributed by atoms with Crippen molar-refractivity contribution >= 4 is 11.3 Å². The number of hydrogen-bond acceptors (Lipinski definition) is 4. The Hall–Kier alpha value is -2.04. The predicted molar refractivity (Wildman–Crippen MR) is 88.3 cm³/mol. The van der Waals surface area contributed by atoms with Crippen LogP contribution in [-0.4, -0.2) is 16.5 Å². The first kappa shape index (κ1) is 13.9. The van der Waals surface area contributed by atoms with E-state index in [-0.39, 0.29) is 0 Å². The van der Waals surface area contributed by atoms with Crippen LogP contribution in [0.2, 0.25) is 0 Å². The molecule has 0 bridgehead atoms. The van der Waals surface area contributed by atoms with Crippen LogP contribution in [0.3, 0.4) is 0 Å². The highest BCUT2D eigenvalue weighted by Crippen LogP contribution is 2.33. The Morgan fingerprint density at radius 1 is 1.14 bits per heavy atom. The highest BCUT2D eigenvalue weighted by molar-refractivity contribution is 7.15. The third kappa shape index (κ3) is 3.01. The molecule has 4 heteroatoms. The molecule has 106 valence electrons. The molecule has 0 radical (unpaired) electrons. The number of benzene rings is 1. The second-order valence-corrected chi connectivity index (χ2v) is 6.00. The lowest BCUT2D eigenvalue weighted by Crippen LogP contribution is -2.02. The van der Waals surface area contributed by atoms with E-state index in [9.17, 15) is 0 Å². The first-order valence-electron chi connectivity index (χ1n) is 6.96. The van der Waals surface area contributed by atoms with Gasteiger partial charge in [0.05, 0.1) is 11.4 Å². The van der Waals surface area contributed by atoms with Crippen LogP contribution < -0.4 is 5.73 Å². The monoisotopic (exact) mass is 295 g/mol. The maximum absolute atomic E-state index is 5.74. The average Bonchev–Trinajstić information content (AvgIpc) is 2.93. The Labute approximate surface area is 128 Å². The fourth-order valence-electron chi connectivity index (χ4n) is 2.24. The van der Waals surface area contributed by atoms with Crippen molar-refractivity contribution in [1.29, 1.82) is 0 Å². The maximum Gasteiger partial charge on any atom is 0.142 e. The van der Waals surface area contributed by atoms with E-state index in [1.54, 1.807) is 11.3 Å². The molecule has 2 heterocycles. The summed E-state index contributed by atoms with van der Waals surface area (Å²) < 4.78 is 0. The van der Waals surface area contributed by atoms with E-state index >= 15 is 0 Å². The standard InChI is InChI=1S/C17H17N3S/c1-12-8-10-19-14(11-12)17-20-16(15(21-17)7-9-18)13-5-3-2-4-6-13/h2-6,8,10-11H,7,9,18H2,1H3. The third-order valence-electron chi connectivity index (χ3n) is 3.25. The number of rotatable bonds is 4. The average molecular weight is 295 g/mol. The molecule has 0 aliphatic rings. The topological polar surface area (TPSA) is 51.8 Å². The smallest absolute Gasteiger partial charge is 0.142 e. The summed E-state index contributed by atoms with van der Waals surface area (Å²) in [6.45, 7) is 2.69. The van der Waals surface area contributed by atoms with Crippen molar-refractivity contribution in [3.05, 3.63) is 59.1 Å². The van der Waals surface area contributed by atoms with Gasteiger partial charge >= 0.3 is 0 Å². The fourth-order valence-corrected chi connectivity index (χ4v) is 3.30. The van der Waals surface area contributed by atoms with Gasteiger partial charge in [0.1, 0.15) is 5.01 Å².